The van der Waals surface area contributed by atoms with Crippen LogP contribution in [0.25, 0.3) is 22.3 Å². The molecule has 236 valence electrons. The molecule has 0 saturated heterocycles. The Morgan fingerprint density at radius 2 is 0.977 bits per heavy atom. The first-order chi connectivity index (χ1) is 20.5. The number of hydrogen-bond acceptors (Lipinski definition) is 1. The van der Waals surface area contributed by atoms with Crippen molar-refractivity contribution in [2.75, 3.05) is 0 Å². The van der Waals surface area contributed by atoms with Gasteiger partial charge in [0.25, 0.3) is 0 Å². The molecule has 0 radical (unpaired) electrons. The standard InChI is InChI=1S/C20H24F2.C20H25FO/c2*1-6-14-8-9-15(16-11-13(2)7-10-18(16)21)17(12-14)19(22)20(3,4)5/h7-12,19H,6H2,1-5H3;7-12,19,22H,6H2,1-5H3. The molecule has 0 aromatic heterocycles. The molecule has 0 spiro atoms. The smallest absolute Gasteiger partial charge is 0.131 e. The SMILES string of the molecule is CCc1ccc(-c2cc(C)ccc2F)c(C(F)C(C)(C)C)c1.CCc1ccc(-c2cc(C)ccc2F)c(C(O)C(C)(C)C)c1. The first kappa shape index (κ1) is 35.1. The zero-order valence-electron chi connectivity index (χ0n) is 28.1. The fourth-order valence-corrected chi connectivity index (χ4v) is 5.21. The van der Waals surface area contributed by atoms with Gasteiger partial charge in [-0.15, -0.1) is 0 Å². The Morgan fingerprint density at radius 1 is 0.568 bits per heavy atom. The average molecular weight is 603 g/mol. The van der Waals surface area contributed by atoms with Crippen molar-refractivity contribution < 1.29 is 18.3 Å². The van der Waals surface area contributed by atoms with Gasteiger partial charge in [-0.05, 0) is 95.2 Å². The van der Waals surface area contributed by atoms with Crippen LogP contribution in [0.1, 0.15) is 101 Å². The lowest BCUT2D eigenvalue weighted by Gasteiger charge is -2.28. The van der Waals surface area contributed by atoms with E-state index < -0.39 is 17.7 Å². The van der Waals surface area contributed by atoms with Gasteiger partial charge in [0.05, 0.1) is 6.10 Å². The summed E-state index contributed by atoms with van der Waals surface area (Å²) in [6, 6.07) is 21.7. The minimum absolute atomic E-state index is 0.253. The molecule has 44 heavy (non-hydrogen) atoms. The van der Waals surface area contributed by atoms with E-state index in [-0.39, 0.29) is 17.0 Å². The first-order valence-corrected chi connectivity index (χ1v) is 15.6. The van der Waals surface area contributed by atoms with Crippen LogP contribution in [-0.4, -0.2) is 5.11 Å². The number of aliphatic hydroxyl groups is 1. The monoisotopic (exact) mass is 602 g/mol. The van der Waals surface area contributed by atoms with Crippen LogP contribution in [0.5, 0.6) is 0 Å². The van der Waals surface area contributed by atoms with Gasteiger partial charge in [0.15, 0.2) is 0 Å². The Kier molecular flexibility index (Phi) is 11.3. The number of halogens is 3. The number of alkyl halides is 1. The van der Waals surface area contributed by atoms with Crippen molar-refractivity contribution in [2.24, 2.45) is 10.8 Å². The van der Waals surface area contributed by atoms with E-state index >= 15 is 4.39 Å². The van der Waals surface area contributed by atoms with Crippen molar-refractivity contribution in [1.29, 1.82) is 0 Å². The van der Waals surface area contributed by atoms with Gasteiger partial charge in [0.2, 0.25) is 0 Å². The maximum atomic E-state index is 15.0. The second-order valence-corrected chi connectivity index (χ2v) is 14.0. The highest BCUT2D eigenvalue weighted by Crippen LogP contribution is 2.42. The molecule has 1 N–H and O–H groups in total. The predicted octanol–water partition coefficient (Wildman–Crippen LogP) is 11.9. The van der Waals surface area contributed by atoms with Gasteiger partial charge in [0.1, 0.15) is 17.8 Å². The third-order valence-corrected chi connectivity index (χ3v) is 8.02. The molecule has 0 fully saturated rings. The first-order valence-electron chi connectivity index (χ1n) is 15.6. The summed E-state index contributed by atoms with van der Waals surface area (Å²) in [6.45, 7) is 19.6. The molecule has 4 heteroatoms. The van der Waals surface area contributed by atoms with E-state index in [1.165, 1.54) is 12.1 Å². The van der Waals surface area contributed by atoms with Crippen molar-refractivity contribution in [3.63, 3.8) is 0 Å². The Hall–Kier alpha value is -3.37. The lowest BCUT2D eigenvalue weighted by atomic mass is 9.81. The van der Waals surface area contributed by atoms with E-state index in [9.17, 15) is 13.9 Å². The highest BCUT2D eigenvalue weighted by molar-refractivity contribution is 5.71. The predicted molar refractivity (Wildman–Crippen MR) is 180 cm³/mol. The Balaban J connectivity index is 0.000000240. The molecule has 0 aliphatic carbocycles. The van der Waals surface area contributed by atoms with Gasteiger partial charge in [-0.25, -0.2) is 13.2 Å². The third-order valence-electron chi connectivity index (χ3n) is 8.02. The van der Waals surface area contributed by atoms with E-state index in [1.807, 2.05) is 105 Å². The molecule has 4 aromatic rings. The quantitative estimate of drug-likeness (QED) is 0.233. The van der Waals surface area contributed by atoms with E-state index in [2.05, 4.69) is 6.92 Å². The van der Waals surface area contributed by atoms with Crippen LogP contribution in [0, 0.1) is 36.3 Å². The molecule has 0 bridgehead atoms. The summed E-state index contributed by atoms with van der Waals surface area (Å²) in [4.78, 5) is 0. The highest BCUT2D eigenvalue weighted by Gasteiger charge is 2.29. The van der Waals surface area contributed by atoms with E-state index in [1.54, 1.807) is 18.2 Å². The second kappa shape index (κ2) is 14.2. The van der Waals surface area contributed by atoms with Crippen molar-refractivity contribution in [2.45, 2.75) is 94.4 Å². The van der Waals surface area contributed by atoms with Crippen LogP contribution in [0.2, 0.25) is 0 Å². The van der Waals surface area contributed by atoms with E-state index in [4.69, 9.17) is 0 Å². The highest BCUT2D eigenvalue weighted by atomic mass is 19.1. The van der Waals surface area contributed by atoms with Crippen molar-refractivity contribution in [3.8, 4) is 22.3 Å². The molecular weight excluding hydrogens is 553 g/mol. The average Bonchev–Trinajstić information content (AvgIpc) is 2.97. The van der Waals surface area contributed by atoms with Gasteiger partial charge in [-0.3, -0.25) is 0 Å². The number of aryl methyl sites for hydroxylation is 4. The minimum atomic E-state index is -1.14. The molecule has 2 unspecified atom stereocenters. The summed E-state index contributed by atoms with van der Waals surface area (Å²) in [6.07, 6.45) is -0.0660. The maximum absolute atomic E-state index is 15.0. The molecule has 0 aliphatic heterocycles. The second-order valence-electron chi connectivity index (χ2n) is 14.0. The van der Waals surface area contributed by atoms with E-state index in [0.29, 0.717) is 22.3 Å². The zero-order valence-corrected chi connectivity index (χ0v) is 28.1. The van der Waals surface area contributed by atoms with Crippen LogP contribution >= 0.6 is 0 Å². The normalized spacial score (nSPS) is 13.2. The molecule has 4 rings (SSSR count). The summed E-state index contributed by atoms with van der Waals surface area (Å²) < 4.78 is 43.6. The molecule has 1 nitrogen and oxygen atoms in total. The molecule has 4 aromatic carbocycles. The van der Waals surface area contributed by atoms with Crippen LogP contribution < -0.4 is 0 Å². The van der Waals surface area contributed by atoms with Gasteiger partial charge >= 0.3 is 0 Å². The molecule has 0 aliphatic rings. The summed E-state index contributed by atoms with van der Waals surface area (Å²) in [5.41, 5.74) is 7.21. The Bertz CT molecular complexity index is 1450. The van der Waals surface area contributed by atoms with Gasteiger partial charge in [-0.1, -0.05) is 115 Å². The van der Waals surface area contributed by atoms with Crippen LogP contribution in [-0.2, 0) is 12.8 Å². The summed E-state index contributed by atoms with van der Waals surface area (Å²) in [5, 5.41) is 10.8. The zero-order chi connectivity index (χ0) is 33.0. The largest absolute Gasteiger partial charge is 0.388 e. The molecule has 2 atom stereocenters. The van der Waals surface area contributed by atoms with Gasteiger partial charge < -0.3 is 5.11 Å². The van der Waals surface area contributed by atoms with Crippen molar-refractivity contribution in [3.05, 3.63) is 118 Å². The minimum Gasteiger partial charge on any atom is -0.388 e. The fourth-order valence-electron chi connectivity index (χ4n) is 5.21. The summed E-state index contributed by atoms with van der Waals surface area (Å²) in [5.74, 6) is -0.561. The number of hydrogen-bond donors (Lipinski definition) is 1. The lowest BCUT2D eigenvalue weighted by molar-refractivity contribution is 0.0631. The van der Waals surface area contributed by atoms with Gasteiger partial charge in [-0.2, -0.15) is 0 Å². The van der Waals surface area contributed by atoms with Crippen LogP contribution in [0.3, 0.4) is 0 Å². The number of rotatable bonds is 6. The Morgan fingerprint density at radius 3 is 1.36 bits per heavy atom. The van der Waals surface area contributed by atoms with Crippen LogP contribution in [0.15, 0.2) is 72.8 Å². The maximum Gasteiger partial charge on any atom is 0.131 e. The molecule has 0 amide bonds. The third kappa shape index (κ3) is 8.41. The topological polar surface area (TPSA) is 20.2 Å². The molecule has 0 heterocycles. The van der Waals surface area contributed by atoms with Crippen LogP contribution in [0.4, 0.5) is 13.2 Å². The van der Waals surface area contributed by atoms with E-state index in [0.717, 1.165) is 46.2 Å². The van der Waals surface area contributed by atoms with Crippen molar-refractivity contribution in [1.82, 2.24) is 0 Å². The summed E-state index contributed by atoms with van der Waals surface area (Å²) in [7, 11) is 0. The molecule has 0 saturated carbocycles. The Labute approximate surface area is 263 Å². The number of benzene rings is 4. The van der Waals surface area contributed by atoms with Gasteiger partial charge in [0, 0.05) is 11.1 Å². The number of aliphatic hydroxyl groups excluding tert-OH is 1. The van der Waals surface area contributed by atoms with Crippen molar-refractivity contribution >= 4 is 0 Å². The lowest BCUT2D eigenvalue weighted by Crippen LogP contribution is -2.19. The summed E-state index contributed by atoms with van der Waals surface area (Å²) >= 11 is 0. The fraction of sp³-hybridized carbons (Fsp3) is 0.400. The molecular formula is C40H49F3O.